The van der Waals surface area contributed by atoms with Crippen LogP contribution in [0.15, 0.2) is 34.6 Å². The van der Waals surface area contributed by atoms with E-state index in [-0.39, 0.29) is 5.56 Å². The number of nitrogens with zero attached hydrogens (tertiary/aromatic N) is 3. The first-order chi connectivity index (χ1) is 8.54. The van der Waals surface area contributed by atoms with Crippen molar-refractivity contribution in [2.45, 2.75) is 24.0 Å². The van der Waals surface area contributed by atoms with E-state index in [0.29, 0.717) is 10.2 Å². The molecule has 6 heteroatoms. The number of aromatic carboxylic acids is 1. The van der Waals surface area contributed by atoms with Crippen molar-refractivity contribution in [2.75, 3.05) is 0 Å². The summed E-state index contributed by atoms with van der Waals surface area (Å²) >= 11 is 1.25. The summed E-state index contributed by atoms with van der Waals surface area (Å²) < 4.78 is 0. The molecule has 5 nitrogen and oxygen atoms in total. The third kappa shape index (κ3) is 3.04. The Bertz CT molecular complexity index is 581. The molecule has 0 saturated heterocycles. The van der Waals surface area contributed by atoms with Crippen molar-refractivity contribution in [1.29, 1.82) is 0 Å². The van der Waals surface area contributed by atoms with E-state index in [1.807, 2.05) is 19.9 Å². The van der Waals surface area contributed by atoms with Gasteiger partial charge in [-0.05, 0) is 43.8 Å². The number of rotatable bonds is 3. The van der Waals surface area contributed by atoms with E-state index in [9.17, 15) is 4.79 Å². The summed E-state index contributed by atoms with van der Waals surface area (Å²) in [5.74, 6) is -0.972. The van der Waals surface area contributed by atoms with Crippen molar-refractivity contribution in [3.63, 3.8) is 0 Å². The van der Waals surface area contributed by atoms with Crippen LogP contribution < -0.4 is 0 Å². The van der Waals surface area contributed by atoms with Gasteiger partial charge in [-0.2, -0.15) is 0 Å². The summed E-state index contributed by atoms with van der Waals surface area (Å²) in [7, 11) is 0. The minimum atomic E-state index is -0.972. The van der Waals surface area contributed by atoms with Gasteiger partial charge in [0.1, 0.15) is 5.03 Å². The molecule has 0 saturated carbocycles. The molecule has 0 atom stereocenters. The van der Waals surface area contributed by atoms with E-state index in [1.54, 1.807) is 0 Å². The molecular weight excluding hydrogens is 250 g/mol. The van der Waals surface area contributed by atoms with Gasteiger partial charge in [-0.15, -0.1) is 0 Å². The molecule has 0 bridgehead atoms. The van der Waals surface area contributed by atoms with Crippen LogP contribution >= 0.6 is 11.8 Å². The lowest BCUT2D eigenvalue weighted by Gasteiger charge is -2.02. The molecule has 0 aromatic carbocycles. The molecular formula is C12H11N3O2S. The van der Waals surface area contributed by atoms with E-state index in [4.69, 9.17) is 5.11 Å². The summed E-state index contributed by atoms with van der Waals surface area (Å²) in [4.78, 5) is 23.5. The fraction of sp³-hybridized carbons (Fsp3) is 0.167. The SMILES string of the molecule is Cc1cc(C)nc(Sc2cc(C(=O)O)ccn2)n1. The Labute approximate surface area is 108 Å². The van der Waals surface area contributed by atoms with Gasteiger partial charge in [0.25, 0.3) is 0 Å². The van der Waals surface area contributed by atoms with Crippen LogP contribution in [0.25, 0.3) is 0 Å². The van der Waals surface area contributed by atoms with Gasteiger partial charge in [-0.3, -0.25) is 0 Å². The van der Waals surface area contributed by atoms with E-state index >= 15 is 0 Å². The zero-order valence-electron chi connectivity index (χ0n) is 9.91. The van der Waals surface area contributed by atoms with Crippen LogP contribution in [0.4, 0.5) is 0 Å². The number of carboxylic acid groups (broad SMARTS) is 1. The average Bonchev–Trinajstić information content (AvgIpc) is 2.27. The van der Waals surface area contributed by atoms with Gasteiger partial charge in [0.2, 0.25) is 0 Å². The topological polar surface area (TPSA) is 76.0 Å². The lowest BCUT2D eigenvalue weighted by Crippen LogP contribution is -1.97. The Morgan fingerprint density at radius 2 is 1.89 bits per heavy atom. The summed E-state index contributed by atoms with van der Waals surface area (Å²) in [6, 6.07) is 4.84. The predicted octanol–water partition coefficient (Wildman–Crippen LogP) is 2.34. The summed E-state index contributed by atoms with van der Waals surface area (Å²) in [5, 5.41) is 10.0. The van der Waals surface area contributed by atoms with Crippen molar-refractivity contribution in [3.05, 3.63) is 41.3 Å². The van der Waals surface area contributed by atoms with Crippen LogP contribution in [-0.4, -0.2) is 26.0 Å². The zero-order valence-corrected chi connectivity index (χ0v) is 10.7. The van der Waals surface area contributed by atoms with Crippen LogP contribution in [0.5, 0.6) is 0 Å². The highest BCUT2D eigenvalue weighted by molar-refractivity contribution is 7.99. The second-order valence-corrected chi connectivity index (χ2v) is 4.71. The molecule has 0 fully saturated rings. The highest BCUT2D eigenvalue weighted by atomic mass is 32.2. The number of pyridine rings is 1. The molecule has 0 radical (unpaired) electrons. The van der Waals surface area contributed by atoms with Crippen molar-refractivity contribution in [1.82, 2.24) is 15.0 Å². The highest BCUT2D eigenvalue weighted by Crippen LogP contribution is 2.23. The van der Waals surface area contributed by atoms with Crippen LogP contribution in [0, 0.1) is 13.8 Å². The molecule has 0 spiro atoms. The second kappa shape index (κ2) is 5.14. The number of carboxylic acids is 1. The van der Waals surface area contributed by atoms with Gasteiger partial charge >= 0.3 is 5.97 Å². The molecule has 2 rings (SSSR count). The largest absolute Gasteiger partial charge is 0.478 e. The lowest BCUT2D eigenvalue weighted by atomic mass is 10.3. The molecule has 0 aliphatic heterocycles. The van der Waals surface area contributed by atoms with Gasteiger partial charge < -0.3 is 5.11 Å². The van der Waals surface area contributed by atoms with Crippen molar-refractivity contribution in [3.8, 4) is 0 Å². The van der Waals surface area contributed by atoms with E-state index in [2.05, 4.69) is 15.0 Å². The first-order valence-corrected chi connectivity index (χ1v) is 6.06. The van der Waals surface area contributed by atoms with Crippen LogP contribution in [0.3, 0.4) is 0 Å². The van der Waals surface area contributed by atoms with Gasteiger partial charge in [0.15, 0.2) is 5.16 Å². The molecule has 92 valence electrons. The summed E-state index contributed by atoms with van der Waals surface area (Å²) in [6.45, 7) is 3.78. The van der Waals surface area contributed by atoms with Gasteiger partial charge in [0.05, 0.1) is 5.56 Å². The molecule has 18 heavy (non-hydrogen) atoms. The fourth-order valence-electron chi connectivity index (χ4n) is 1.43. The van der Waals surface area contributed by atoms with Gasteiger partial charge in [-0.1, -0.05) is 0 Å². The summed E-state index contributed by atoms with van der Waals surface area (Å²) in [5.41, 5.74) is 1.95. The van der Waals surface area contributed by atoms with Crippen LogP contribution in [-0.2, 0) is 0 Å². The number of hydrogen-bond donors (Lipinski definition) is 1. The summed E-state index contributed by atoms with van der Waals surface area (Å²) in [6.07, 6.45) is 1.47. The highest BCUT2D eigenvalue weighted by Gasteiger charge is 2.07. The Kier molecular flexibility index (Phi) is 3.57. The Hall–Kier alpha value is -1.95. The molecule has 1 N–H and O–H groups in total. The molecule has 2 heterocycles. The number of aryl methyl sites for hydroxylation is 2. The van der Waals surface area contributed by atoms with Crippen molar-refractivity contribution < 1.29 is 9.90 Å². The number of aromatic nitrogens is 3. The van der Waals surface area contributed by atoms with Crippen LogP contribution in [0.1, 0.15) is 21.7 Å². The molecule has 0 amide bonds. The zero-order chi connectivity index (χ0) is 13.1. The number of carbonyl (C=O) groups is 1. The van der Waals surface area contributed by atoms with E-state index < -0.39 is 5.97 Å². The van der Waals surface area contributed by atoms with Gasteiger partial charge in [0, 0.05) is 17.6 Å². The fourth-order valence-corrected chi connectivity index (χ4v) is 2.30. The van der Waals surface area contributed by atoms with E-state index in [1.165, 1.54) is 30.1 Å². The minimum absolute atomic E-state index is 0.205. The van der Waals surface area contributed by atoms with E-state index in [0.717, 1.165) is 11.4 Å². The molecule has 0 unspecified atom stereocenters. The standard InChI is InChI=1S/C12H11N3O2S/c1-7-5-8(2)15-12(14-7)18-10-6-9(11(16)17)3-4-13-10/h3-6H,1-2H3,(H,16,17). The number of hydrogen-bond acceptors (Lipinski definition) is 5. The monoisotopic (exact) mass is 261 g/mol. The minimum Gasteiger partial charge on any atom is -0.478 e. The third-order valence-electron chi connectivity index (χ3n) is 2.14. The smallest absolute Gasteiger partial charge is 0.335 e. The first-order valence-electron chi connectivity index (χ1n) is 5.24. The Balaban J connectivity index is 2.28. The maximum atomic E-state index is 10.8. The molecule has 0 aliphatic rings. The average molecular weight is 261 g/mol. The van der Waals surface area contributed by atoms with Gasteiger partial charge in [-0.25, -0.2) is 19.7 Å². The maximum absolute atomic E-state index is 10.8. The quantitative estimate of drug-likeness (QED) is 0.855. The van der Waals surface area contributed by atoms with Crippen LogP contribution in [0.2, 0.25) is 0 Å². The van der Waals surface area contributed by atoms with Crippen molar-refractivity contribution >= 4 is 17.7 Å². The molecule has 0 aliphatic carbocycles. The Morgan fingerprint density at radius 1 is 1.22 bits per heavy atom. The van der Waals surface area contributed by atoms with Crippen molar-refractivity contribution in [2.24, 2.45) is 0 Å². The predicted molar refractivity (Wildman–Crippen MR) is 66.8 cm³/mol. The normalized spacial score (nSPS) is 10.3. The maximum Gasteiger partial charge on any atom is 0.335 e. The molecule has 2 aromatic rings. The Morgan fingerprint density at radius 3 is 2.50 bits per heavy atom. The second-order valence-electron chi connectivity index (χ2n) is 3.72. The first kappa shape index (κ1) is 12.5. The lowest BCUT2D eigenvalue weighted by molar-refractivity contribution is 0.0696. The molecule has 2 aromatic heterocycles. The third-order valence-corrected chi connectivity index (χ3v) is 2.94.